The van der Waals surface area contributed by atoms with Gasteiger partial charge in [-0.3, -0.25) is 4.79 Å². The SMILES string of the molecule is CCN(CC)c1ccc(NC(=O)c2ccc(C(C)(C)C)cc2)cn1. The quantitative estimate of drug-likeness (QED) is 0.881. The number of rotatable bonds is 5. The number of carbonyl (C=O) groups is 1. The molecule has 0 bridgehead atoms. The van der Waals surface area contributed by atoms with Crippen molar-refractivity contribution in [2.24, 2.45) is 0 Å². The molecular formula is C20H27N3O. The Morgan fingerprint density at radius 2 is 1.67 bits per heavy atom. The number of anilines is 2. The summed E-state index contributed by atoms with van der Waals surface area (Å²) in [5.74, 6) is 0.806. The number of hydrogen-bond donors (Lipinski definition) is 1. The van der Waals surface area contributed by atoms with E-state index in [0.29, 0.717) is 11.3 Å². The molecule has 24 heavy (non-hydrogen) atoms. The first-order valence-electron chi connectivity index (χ1n) is 8.48. The van der Waals surface area contributed by atoms with Gasteiger partial charge >= 0.3 is 0 Å². The van der Waals surface area contributed by atoms with Gasteiger partial charge in [-0.05, 0) is 49.1 Å². The van der Waals surface area contributed by atoms with E-state index in [0.717, 1.165) is 18.9 Å². The molecule has 1 N–H and O–H groups in total. The van der Waals surface area contributed by atoms with Crippen molar-refractivity contribution in [2.45, 2.75) is 40.0 Å². The van der Waals surface area contributed by atoms with Crippen molar-refractivity contribution in [3.05, 3.63) is 53.7 Å². The summed E-state index contributed by atoms with van der Waals surface area (Å²) in [4.78, 5) is 18.9. The number of aromatic nitrogens is 1. The Kier molecular flexibility index (Phi) is 5.60. The van der Waals surface area contributed by atoms with Crippen molar-refractivity contribution >= 4 is 17.4 Å². The Balaban J connectivity index is 2.07. The Hall–Kier alpha value is -2.36. The van der Waals surface area contributed by atoms with Gasteiger partial charge in [0, 0.05) is 18.7 Å². The van der Waals surface area contributed by atoms with Gasteiger partial charge < -0.3 is 10.2 Å². The summed E-state index contributed by atoms with van der Waals surface area (Å²) >= 11 is 0. The zero-order valence-electron chi connectivity index (χ0n) is 15.3. The molecule has 1 aromatic carbocycles. The van der Waals surface area contributed by atoms with Gasteiger partial charge in [-0.1, -0.05) is 32.9 Å². The van der Waals surface area contributed by atoms with E-state index in [1.54, 1.807) is 6.20 Å². The molecule has 0 saturated heterocycles. The van der Waals surface area contributed by atoms with E-state index in [4.69, 9.17) is 0 Å². The van der Waals surface area contributed by atoms with Gasteiger partial charge in [0.1, 0.15) is 5.82 Å². The molecule has 0 aliphatic rings. The van der Waals surface area contributed by atoms with Gasteiger partial charge in [-0.25, -0.2) is 4.98 Å². The van der Waals surface area contributed by atoms with Gasteiger partial charge in [0.25, 0.3) is 5.91 Å². The summed E-state index contributed by atoms with van der Waals surface area (Å²) in [6.07, 6.45) is 1.70. The van der Waals surface area contributed by atoms with Crippen LogP contribution in [0.15, 0.2) is 42.6 Å². The van der Waals surface area contributed by atoms with Gasteiger partial charge in [-0.15, -0.1) is 0 Å². The molecule has 2 rings (SSSR count). The average Bonchev–Trinajstić information content (AvgIpc) is 2.57. The minimum Gasteiger partial charge on any atom is -0.357 e. The zero-order valence-corrected chi connectivity index (χ0v) is 15.3. The van der Waals surface area contributed by atoms with Crippen molar-refractivity contribution < 1.29 is 4.79 Å². The maximum absolute atomic E-state index is 12.4. The number of hydrogen-bond acceptors (Lipinski definition) is 3. The Morgan fingerprint density at radius 3 is 2.12 bits per heavy atom. The van der Waals surface area contributed by atoms with E-state index in [1.165, 1.54) is 5.56 Å². The normalized spacial score (nSPS) is 11.2. The van der Waals surface area contributed by atoms with Gasteiger partial charge in [0.2, 0.25) is 0 Å². The number of amides is 1. The van der Waals surface area contributed by atoms with Crippen LogP contribution < -0.4 is 10.2 Å². The molecule has 0 atom stereocenters. The van der Waals surface area contributed by atoms with Crippen molar-refractivity contribution in [3.8, 4) is 0 Å². The summed E-state index contributed by atoms with van der Waals surface area (Å²) in [5, 5.41) is 2.90. The lowest BCUT2D eigenvalue weighted by Crippen LogP contribution is -2.22. The Labute approximate surface area is 144 Å². The summed E-state index contributed by atoms with van der Waals surface area (Å²) in [6, 6.07) is 11.6. The van der Waals surface area contributed by atoms with Gasteiger partial charge in [0.15, 0.2) is 0 Å². The van der Waals surface area contributed by atoms with Crippen molar-refractivity contribution in [1.29, 1.82) is 0 Å². The molecule has 2 aromatic rings. The molecular weight excluding hydrogens is 298 g/mol. The standard InChI is InChI=1S/C20H27N3O/c1-6-23(7-2)18-13-12-17(14-21-18)22-19(24)15-8-10-16(11-9-15)20(3,4)5/h8-14H,6-7H2,1-5H3,(H,22,24). The van der Waals surface area contributed by atoms with Crippen LogP contribution in [-0.2, 0) is 5.41 Å². The third kappa shape index (κ3) is 4.34. The third-order valence-corrected chi connectivity index (χ3v) is 4.11. The summed E-state index contributed by atoms with van der Waals surface area (Å²) < 4.78 is 0. The van der Waals surface area contributed by atoms with Crippen LogP contribution >= 0.6 is 0 Å². The largest absolute Gasteiger partial charge is 0.357 e. The molecule has 0 fully saturated rings. The van der Waals surface area contributed by atoms with Crippen LogP contribution in [0.2, 0.25) is 0 Å². The predicted octanol–water partition coefficient (Wildman–Crippen LogP) is 4.48. The molecule has 0 aliphatic carbocycles. The number of pyridine rings is 1. The highest BCUT2D eigenvalue weighted by molar-refractivity contribution is 6.04. The van der Waals surface area contributed by atoms with Crippen molar-refractivity contribution in [3.63, 3.8) is 0 Å². The molecule has 4 heteroatoms. The topological polar surface area (TPSA) is 45.2 Å². The van der Waals surface area contributed by atoms with E-state index >= 15 is 0 Å². The Bertz CT molecular complexity index is 666. The molecule has 128 valence electrons. The fourth-order valence-corrected chi connectivity index (χ4v) is 2.52. The van der Waals surface area contributed by atoms with Crippen molar-refractivity contribution in [1.82, 2.24) is 4.98 Å². The molecule has 1 amide bonds. The van der Waals surface area contributed by atoms with E-state index in [1.807, 2.05) is 36.4 Å². The van der Waals surface area contributed by atoms with E-state index < -0.39 is 0 Å². The molecule has 0 aliphatic heterocycles. The summed E-state index contributed by atoms with van der Waals surface area (Å²) in [5.41, 5.74) is 2.65. The number of nitrogens with zero attached hydrogens (tertiary/aromatic N) is 2. The number of carbonyl (C=O) groups excluding carboxylic acids is 1. The summed E-state index contributed by atoms with van der Waals surface area (Å²) in [7, 11) is 0. The fraction of sp³-hybridized carbons (Fsp3) is 0.400. The average molecular weight is 325 g/mol. The van der Waals surface area contributed by atoms with Crippen LogP contribution in [0.1, 0.15) is 50.5 Å². The van der Waals surface area contributed by atoms with Crippen LogP contribution in [0, 0.1) is 0 Å². The lowest BCUT2D eigenvalue weighted by atomic mass is 9.87. The van der Waals surface area contributed by atoms with E-state index in [-0.39, 0.29) is 11.3 Å². The summed E-state index contributed by atoms with van der Waals surface area (Å²) in [6.45, 7) is 12.5. The molecule has 1 heterocycles. The first kappa shape index (κ1) is 18.0. The molecule has 4 nitrogen and oxygen atoms in total. The fourth-order valence-electron chi connectivity index (χ4n) is 2.52. The van der Waals surface area contributed by atoms with Crippen LogP contribution in [0.4, 0.5) is 11.5 Å². The maximum Gasteiger partial charge on any atom is 0.255 e. The Morgan fingerprint density at radius 1 is 1.04 bits per heavy atom. The lowest BCUT2D eigenvalue weighted by molar-refractivity contribution is 0.102. The van der Waals surface area contributed by atoms with E-state index in [9.17, 15) is 4.79 Å². The molecule has 0 saturated carbocycles. The molecule has 1 aromatic heterocycles. The van der Waals surface area contributed by atoms with Crippen LogP contribution in [0.25, 0.3) is 0 Å². The second kappa shape index (κ2) is 7.47. The first-order chi connectivity index (χ1) is 11.3. The van der Waals surface area contributed by atoms with Crippen molar-refractivity contribution in [2.75, 3.05) is 23.3 Å². The highest BCUT2D eigenvalue weighted by Gasteiger charge is 2.14. The number of nitrogens with one attached hydrogen (secondary N) is 1. The van der Waals surface area contributed by atoms with Crippen LogP contribution in [-0.4, -0.2) is 24.0 Å². The highest BCUT2D eigenvalue weighted by Crippen LogP contribution is 2.22. The highest BCUT2D eigenvalue weighted by atomic mass is 16.1. The molecule has 0 unspecified atom stereocenters. The van der Waals surface area contributed by atoms with Gasteiger partial charge in [-0.2, -0.15) is 0 Å². The first-order valence-corrected chi connectivity index (χ1v) is 8.48. The third-order valence-electron chi connectivity index (χ3n) is 4.11. The minimum absolute atomic E-state index is 0.0825. The predicted molar refractivity (Wildman–Crippen MR) is 101 cm³/mol. The maximum atomic E-state index is 12.4. The van der Waals surface area contributed by atoms with Crippen LogP contribution in [0.5, 0.6) is 0 Å². The van der Waals surface area contributed by atoms with Gasteiger partial charge in [0.05, 0.1) is 11.9 Å². The monoisotopic (exact) mass is 325 g/mol. The van der Waals surface area contributed by atoms with Crippen LogP contribution in [0.3, 0.4) is 0 Å². The smallest absolute Gasteiger partial charge is 0.255 e. The number of benzene rings is 1. The minimum atomic E-state index is -0.118. The van der Waals surface area contributed by atoms with E-state index in [2.05, 4.69) is 49.8 Å². The molecule has 0 spiro atoms. The lowest BCUT2D eigenvalue weighted by Gasteiger charge is -2.20. The second-order valence-corrected chi connectivity index (χ2v) is 6.86. The zero-order chi connectivity index (χ0) is 17.7. The molecule has 0 radical (unpaired) electrons. The second-order valence-electron chi connectivity index (χ2n) is 6.86.